The van der Waals surface area contributed by atoms with Crippen LogP contribution in [0.2, 0.25) is 0 Å². The van der Waals surface area contributed by atoms with Crippen LogP contribution < -0.4 is 10.1 Å². The summed E-state index contributed by atoms with van der Waals surface area (Å²) < 4.78 is 11.1. The first-order valence-corrected chi connectivity index (χ1v) is 8.49. The molecule has 0 radical (unpaired) electrons. The van der Waals surface area contributed by atoms with Crippen LogP contribution in [0.15, 0.2) is 71.6 Å². The predicted octanol–water partition coefficient (Wildman–Crippen LogP) is 4.25. The Kier molecular flexibility index (Phi) is 4.53. The Bertz CT molecular complexity index is 1090. The molecule has 3 aromatic heterocycles. The van der Waals surface area contributed by atoms with Crippen LogP contribution in [0.3, 0.4) is 0 Å². The molecule has 1 N–H and O–H groups in total. The second-order valence-corrected chi connectivity index (χ2v) is 6.06. The highest BCUT2D eigenvalue weighted by Gasteiger charge is 2.11. The summed E-state index contributed by atoms with van der Waals surface area (Å²) in [6.45, 7) is 2.21. The van der Waals surface area contributed by atoms with Crippen molar-refractivity contribution in [3.05, 3.63) is 84.0 Å². The van der Waals surface area contributed by atoms with Crippen molar-refractivity contribution >= 4 is 16.9 Å². The molecule has 4 rings (SSSR count). The van der Waals surface area contributed by atoms with Gasteiger partial charge in [0.05, 0.1) is 12.5 Å². The third-order valence-corrected chi connectivity index (χ3v) is 4.10. The Morgan fingerprint density at radius 1 is 1.15 bits per heavy atom. The summed E-state index contributed by atoms with van der Waals surface area (Å²) >= 11 is 0. The lowest BCUT2D eigenvalue weighted by atomic mass is 10.1. The zero-order valence-corrected chi connectivity index (χ0v) is 14.7. The summed E-state index contributed by atoms with van der Waals surface area (Å²) in [5.74, 6) is 0.857. The molecule has 0 aliphatic rings. The molecule has 0 aliphatic heterocycles. The van der Waals surface area contributed by atoms with E-state index in [2.05, 4.69) is 15.3 Å². The molecule has 0 fully saturated rings. The van der Waals surface area contributed by atoms with E-state index in [4.69, 9.17) is 9.15 Å². The largest absolute Gasteiger partial charge is 0.464 e. The van der Waals surface area contributed by atoms with E-state index in [0.717, 1.165) is 22.2 Å². The number of aryl methyl sites for hydroxylation is 1. The molecule has 0 bridgehead atoms. The second kappa shape index (κ2) is 7.29. The second-order valence-electron chi connectivity index (χ2n) is 6.06. The molecule has 27 heavy (non-hydrogen) atoms. The molecule has 6 nitrogen and oxygen atoms in total. The smallest absolute Gasteiger partial charge is 0.251 e. The summed E-state index contributed by atoms with van der Waals surface area (Å²) in [7, 11) is 0. The molecular formula is C21H17N3O3. The Hall–Kier alpha value is -3.67. The topological polar surface area (TPSA) is 77.2 Å². The molecule has 134 valence electrons. The normalized spacial score (nSPS) is 10.7. The minimum Gasteiger partial charge on any atom is -0.464 e. The van der Waals surface area contributed by atoms with E-state index in [1.54, 1.807) is 42.9 Å². The number of fused-ring (bicyclic) bond motifs is 1. The number of carbonyl (C=O) groups excluding carboxylic acids is 1. The van der Waals surface area contributed by atoms with Gasteiger partial charge in [0.1, 0.15) is 11.3 Å². The number of aromatic nitrogens is 2. The molecule has 0 spiro atoms. The van der Waals surface area contributed by atoms with E-state index in [0.29, 0.717) is 23.7 Å². The number of rotatable bonds is 5. The van der Waals surface area contributed by atoms with Crippen molar-refractivity contribution < 1.29 is 13.9 Å². The number of nitrogens with zero attached hydrogens (tertiary/aromatic N) is 2. The van der Waals surface area contributed by atoms with Crippen LogP contribution >= 0.6 is 0 Å². The summed E-state index contributed by atoms with van der Waals surface area (Å²) in [6.07, 6.45) is 4.90. The number of pyridine rings is 2. The monoisotopic (exact) mass is 359 g/mol. The minimum absolute atomic E-state index is 0.176. The molecule has 3 heterocycles. The predicted molar refractivity (Wildman–Crippen MR) is 101 cm³/mol. The van der Waals surface area contributed by atoms with Crippen molar-refractivity contribution in [3.8, 4) is 11.6 Å². The van der Waals surface area contributed by atoms with Crippen molar-refractivity contribution in [3.63, 3.8) is 0 Å². The standard InChI is InChI=1S/C21H17N3O3/c1-14-4-6-18(13-23-14)27-21-17(3-2-9-22-21)12-24-20(25)16-5-7-19-15(11-16)8-10-26-19/h2-11,13H,12H2,1H3,(H,24,25). The lowest BCUT2D eigenvalue weighted by Crippen LogP contribution is -2.23. The van der Waals surface area contributed by atoms with Gasteiger partial charge in [-0.2, -0.15) is 0 Å². The number of ether oxygens (including phenoxy) is 1. The Morgan fingerprint density at radius 2 is 2.07 bits per heavy atom. The molecule has 0 saturated heterocycles. The average molecular weight is 359 g/mol. The fraction of sp³-hybridized carbons (Fsp3) is 0.0952. The van der Waals surface area contributed by atoms with E-state index in [1.165, 1.54) is 0 Å². The number of furan rings is 1. The van der Waals surface area contributed by atoms with Gasteiger partial charge in [0, 0.05) is 34.9 Å². The number of nitrogens with one attached hydrogen (secondary N) is 1. The zero-order valence-electron chi connectivity index (χ0n) is 14.7. The highest BCUT2D eigenvalue weighted by Crippen LogP contribution is 2.22. The summed E-state index contributed by atoms with van der Waals surface area (Å²) in [5.41, 5.74) is 3.00. The van der Waals surface area contributed by atoms with Crippen molar-refractivity contribution in [1.82, 2.24) is 15.3 Å². The molecule has 4 aromatic rings. The van der Waals surface area contributed by atoms with Gasteiger partial charge in [0.25, 0.3) is 5.91 Å². The van der Waals surface area contributed by atoms with Gasteiger partial charge >= 0.3 is 0 Å². The maximum atomic E-state index is 12.5. The fourth-order valence-electron chi connectivity index (χ4n) is 2.66. The summed E-state index contributed by atoms with van der Waals surface area (Å²) in [5, 5.41) is 3.79. The van der Waals surface area contributed by atoms with E-state index >= 15 is 0 Å². The highest BCUT2D eigenvalue weighted by atomic mass is 16.5. The lowest BCUT2D eigenvalue weighted by Gasteiger charge is -2.11. The van der Waals surface area contributed by atoms with Gasteiger partial charge in [-0.05, 0) is 49.4 Å². The van der Waals surface area contributed by atoms with Crippen LogP contribution in [0.4, 0.5) is 0 Å². The third kappa shape index (κ3) is 3.79. The van der Waals surface area contributed by atoms with Crippen molar-refractivity contribution in [2.75, 3.05) is 0 Å². The first kappa shape index (κ1) is 16.8. The molecule has 0 unspecified atom stereocenters. The number of hydrogen-bond acceptors (Lipinski definition) is 5. The average Bonchev–Trinajstić information content (AvgIpc) is 3.16. The highest BCUT2D eigenvalue weighted by molar-refractivity contribution is 5.97. The quantitative estimate of drug-likeness (QED) is 0.576. The van der Waals surface area contributed by atoms with Crippen LogP contribution in [0.5, 0.6) is 11.6 Å². The molecule has 0 aliphatic carbocycles. The molecule has 1 aromatic carbocycles. The van der Waals surface area contributed by atoms with Gasteiger partial charge in [0.2, 0.25) is 5.88 Å². The Morgan fingerprint density at radius 3 is 2.93 bits per heavy atom. The fourth-order valence-corrected chi connectivity index (χ4v) is 2.66. The molecular weight excluding hydrogens is 342 g/mol. The van der Waals surface area contributed by atoms with E-state index in [9.17, 15) is 4.79 Å². The first-order chi connectivity index (χ1) is 13.2. The van der Waals surface area contributed by atoms with Crippen molar-refractivity contribution in [1.29, 1.82) is 0 Å². The van der Waals surface area contributed by atoms with Gasteiger partial charge in [-0.25, -0.2) is 4.98 Å². The van der Waals surface area contributed by atoms with Crippen molar-refractivity contribution in [2.45, 2.75) is 13.5 Å². The molecule has 0 saturated carbocycles. The number of amides is 1. The van der Waals surface area contributed by atoms with Crippen LogP contribution in [0.25, 0.3) is 11.0 Å². The maximum Gasteiger partial charge on any atom is 0.251 e. The van der Waals surface area contributed by atoms with Crippen molar-refractivity contribution in [2.24, 2.45) is 0 Å². The third-order valence-electron chi connectivity index (χ3n) is 4.10. The van der Waals surface area contributed by atoms with Crippen LogP contribution in [0.1, 0.15) is 21.6 Å². The molecule has 6 heteroatoms. The van der Waals surface area contributed by atoms with E-state index in [-0.39, 0.29) is 5.91 Å². The van der Waals surface area contributed by atoms with E-state index < -0.39 is 0 Å². The molecule has 1 amide bonds. The molecule has 0 atom stereocenters. The Balaban J connectivity index is 1.47. The first-order valence-electron chi connectivity index (χ1n) is 8.49. The van der Waals surface area contributed by atoms with Gasteiger partial charge in [-0.3, -0.25) is 9.78 Å². The van der Waals surface area contributed by atoms with E-state index in [1.807, 2.05) is 31.2 Å². The van der Waals surface area contributed by atoms with Crippen LogP contribution in [-0.2, 0) is 6.54 Å². The Labute approximate surface area is 155 Å². The van der Waals surface area contributed by atoms with Gasteiger partial charge < -0.3 is 14.5 Å². The number of carbonyl (C=O) groups is 1. The minimum atomic E-state index is -0.176. The summed E-state index contributed by atoms with van der Waals surface area (Å²) in [4.78, 5) is 21.0. The lowest BCUT2D eigenvalue weighted by molar-refractivity contribution is 0.0951. The summed E-state index contributed by atoms with van der Waals surface area (Å²) in [6, 6.07) is 14.5. The zero-order chi connectivity index (χ0) is 18.6. The van der Waals surface area contributed by atoms with Gasteiger partial charge in [0.15, 0.2) is 0 Å². The van der Waals surface area contributed by atoms with Crippen LogP contribution in [-0.4, -0.2) is 15.9 Å². The number of hydrogen-bond donors (Lipinski definition) is 1. The number of benzene rings is 1. The SMILES string of the molecule is Cc1ccc(Oc2ncccc2CNC(=O)c2ccc3occc3c2)cn1. The maximum absolute atomic E-state index is 12.5. The van der Waals surface area contributed by atoms with Gasteiger partial charge in [-0.15, -0.1) is 0 Å². The van der Waals surface area contributed by atoms with Crippen LogP contribution in [0, 0.1) is 6.92 Å². The van der Waals surface area contributed by atoms with Gasteiger partial charge in [-0.1, -0.05) is 6.07 Å².